The summed E-state index contributed by atoms with van der Waals surface area (Å²) in [5.74, 6) is 1.25. The van der Waals surface area contributed by atoms with Gasteiger partial charge in [0, 0.05) is 49.2 Å². The fourth-order valence-electron chi connectivity index (χ4n) is 6.70. The molecule has 208 valence electrons. The molecule has 1 unspecified atom stereocenters. The number of likely N-dealkylation sites (tertiary alicyclic amines) is 1. The van der Waals surface area contributed by atoms with Crippen LogP contribution in [0.15, 0.2) is 72.8 Å². The van der Waals surface area contributed by atoms with Crippen LogP contribution in [0, 0.1) is 11.8 Å². The molecule has 1 aliphatic carbocycles. The summed E-state index contributed by atoms with van der Waals surface area (Å²) in [6.07, 6.45) is 3.30. The minimum absolute atomic E-state index is 0.0457. The number of carbonyl (C=O) groups is 2. The first kappa shape index (κ1) is 27.0. The van der Waals surface area contributed by atoms with Crippen molar-refractivity contribution in [1.29, 1.82) is 0 Å². The zero-order chi connectivity index (χ0) is 27.5. The molecule has 1 saturated carbocycles. The first-order valence-corrected chi connectivity index (χ1v) is 15.5. The summed E-state index contributed by atoms with van der Waals surface area (Å²) in [6, 6.07) is 24.2. The van der Waals surface area contributed by atoms with Gasteiger partial charge in [0.2, 0.25) is 0 Å². The van der Waals surface area contributed by atoms with E-state index in [1.807, 2.05) is 65.6 Å². The second-order valence-electron chi connectivity index (χ2n) is 11.3. The second-order valence-corrected chi connectivity index (χ2v) is 12.1. The Hall–Kier alpha value is -3.16. The van der Waals surface area contributed by atoms with Gasteiger partial charge in [-0.3, -0.25) is 10.1 Å². The summed E-state index contributed by atoms with van der Waals surface area (Å²) in [5, 5.41) is 3.91. The zero-order valence-corrected chi connectivity index (χ0v) is 24.3. The van der Waals surface area contributed by atoms with E-state index in [-0.39, 0.29) is 18.1 Å². The highest BCUT2D eigenvalue weighted by Crippen LogP contribution is 2.39. The molecule has 3 aliphatic rings. The molecule has 2 aliphatic heterocycles. The van der Waals surface area contributed by atoms with Crippen LogP contribution in [0.1, 0.15) is 34.3 Å². The number of para-hydroxylation sites is 1. The molecule has 0 spiro atoms. The number of rotatable bonds is 8. The average Bonchev–Trinajstić information content (AvgIpc) is 3.52. The van der Waals surface area contributed by atoms with Crippen molar-refractivity contribution in [2.75, 3.05) is 43.4 Å². The number of benzene rings is 3. The van der Waals surface area contributed by atoms with E-state index in [9.17, 15) is 9.59 Å². The smallest absolute Gasteiger partial charge is 0.411 e. The van der Waals surface area contributed by atoms with Crippen molar-refractivity contribution in [1.82, 2.24) is 9.80 Å². The van der Waals surface area contributed by atoms with Crippen LogP contribution in [0.2, 0.25) is 0 Å². The summed E-state index contributed by atoms with van der Waals surface area (Å²) >= 11 is 3.50. The Bertz CT molecular complexity index is 1350. The zero-order valence-electron chi connectivity index (χ0n) is 22.7. The van der Waals surface area contributed by atoms with Crippen molar-refractivity contribution in [2.45, 2.75) is 31.8 Å². The molecule has 3 aromatic rings. The quantitative estimate of drug-likeness (QED) is 0.310. The van der Waals surface area contributed by atoms with Gasteiger partial charge in [-0.15, -0.1) is 0 Å². The fraction of sp³-hybridized carbons (Fsp3) is 0.394. The number of carbonyl (C=O) groups excluding carboxylic acids is 2. The number of hydrogen-bond acceptors (Lipinski definition) is 4. The van der Waals surface area contributed by atoms with Gasteiger partial charge in [0.15, 0.2) is 0 Å². The van der Waals surface area contributed by atoms with E-state index in [2.05, 4.69) is 38.3 Å². The molecule has 1 saturated heterocycles. The topological polar surface area (TPSA) is 61.9 Å². The van der Waals surface area contributed by atoms with Gasteiger partial charge in [0.25, 0.3) is 5.91 Å². The van der Waals surface area contributed by atoms with Crippen molar-refractivity contribution in [3.63, 3.8) is 0 Å². The minimum atomic E-state index is -0.381. The fourth-order valence-corrected chi connectivity index (χ4v) is 7.16. The Morgan fingerprint density at radius 3 is 2.45 bits per heavy atom. The van der Waals surface area contributed by atoms with Crippen LogP contribution >= 0.6 is 15.9 Å². The third-order valence-electron chi connectivity index (χ3n) is 8.71. The number of amides is 2. The van der Waals surface area contributed by atoms with E-state index >= 15 is 0 Å². The average molecular weight is 603 g/mol. The third-order valence-corrected chi connectivity index (χ3v) is 9.11. The van der Waals surface area contributed by atoms with Crippen LogP contribution in [0.4, 0.5) is 10.5 Å². The lowest BCUT2D eigenvalue weighted by molar-refractivity contribution is 0.0720. The number of nitrogens with one attached hydrogen (secondary N) is 1. The first-order valence-electron chi connectivity index (χ1n) is 14.4. The van der Waals surface area contributed by atoms with E-state index < -0.39 is 0 Å². The van der Waals surface area contributed by atoms with E-state index in [0.717, 1.165) is 86.1 Å². The molecule has 2 heterocycles. The van der Waals surface area contributed by atoms with Gasteiger partial charge in [-0.25, -0.2) is 4.79 Å². The molecule has 0 aromatic heterocycles. The largest absolute Gasteiger partial charge is 0.446 e. The molecule has 2 fully saturated rings. The highest BCUT2D eigenvalue weighted by molar-refractivity contribution is 9.09. The lowest BCUT2D eigenvalue weighted by Gasteiger charge is -2.30. The van der Waals surface area contributed by atoms with Crippen LogP contribution < -0.4 is 5.32 Å². The Kier molecular flexibility index (Phi) is 8.21. The number of fused-ring (bicyclic) bond motifs is 2. The molecule has 3 atom stereocenters. The Morgan fingerprint density at radius 2 is 1.68 bits per heavy atom. The molecule has 0 radical (unpaired) electrons. The van der Waals surface area contributed by atoms with Crippen LogP contribution in [0.25, 0.3) is 11.1 Å². The SMILES string of the molecule is O=C(Nc1ccccc1-c1ccccc1)OC1C[C@@H]2CN(CCN3CCc4cc(CCBr)ccc4C3=O)C[C@@H]2C1. The molecule has 6 nitrogen and oxygen atoms in total. The maximum absolute atomic E-state index is 13.1. The Labute approximate surface area is 244 Å². The molecule has 1 N–H and O–H groups in total. The molecular weight excluding hydrogens is 566 g/mol. The summed E-state index contributed by atoms with van der Waals surface area (Å²) in [7, 11) is 0. The van der Waals surface area contributed by atoms with Gasteiger partial charge in [-0.1, -0.05) is 76.6 Å². The lowest BCUT2D eigenvalue weighted by Crippen LogP contribution is -2.42. The summed E-state index contributed by atoms with van der Waals surface area (Å²) in [4.78, 5) is 30.4. The molecule has 7 heteroatoms. The van der Waals surface area contributed by atoms with E-state index in [4.69, 9.17) is 4.74 Å². The van der Waals surface area contributed by atoms with Crippen LogP contribution in [0.3, 0.4) is 0 Å². The lowest BCUT2D eigenvalue weighted by atomic mass is 9.96. The second kappa shape index (κ2) is 12.1. The number of aryl methyl sites for hydroxylation is 1. The standard InChI is InChI=1S/C33H36BrN3O3/c34-14-12-23-10-11-30-25(18-23)13-15-37(32(30)38)17-16-36-21-26-19-28(20-27(26)22-36)40-33(39)35-31-9-5-4-8-29(31)24-6-2-1-3-7-24/h1-11,18,26-28H,12-17,19-22H2,(H,35,39)/t26-,27+,28?. The van der Waals surface area contributed by atoms with Gasteiger partial charge in [-0.05, 0) is 66.3 Å². The van der Waals surface area contributed by atoms with E-state index in [1.54, 1.807) is 0 Å². The Balaban J connectivity index is 0.967. The van der Waals surface area contributed by atoms with E-state index in [0.29, 0.717) is 11.8 Å². The van der Waals surface area contributed by atoms with Gasteiger partial charge < -0.3 is 14.5 Å². The van der Waals surface area contributed by atoms with Gasteiger partial charge in [0.05, 0.1) is 5.69 Å². The summed E-state index contributed by atoms with van der Waals surface area (Å²) < 4.78 is 5.88. The predicted octanol–water partition coefficient (Wildman–Crippen LogP) is 6.25. The van der Waals surface area contributed by atoms with Gasteiger partial charge >= 0.3 is 6.09 Å². The third kappa shape index (κ3) is 5.96. The molecule has 40 heavy (non-hydrogen) atoms. The summed E-state index contributed by atoms with van der Waals surface area (Å²) in [6.45, 7) is 4.49. The van der Waals surface area contributed by atoms with Gasteiger partial charge in [-0.2, -0.15) is 0 Å². The first-order chi connectivity index (χ1) is 19.6. The maximum Gasteiger partial charge on any atom is 0.411 e. The van der Waals surface area contributed by atoms with Gasteiger partial charge in [0.1, 0.15) is 6.10 Å². The number of halogens is 1. The Morgan fingerprint density at radius 1 is 0.925 bits per heavy atom. The molecule has 2 amide bonds. The van der Waals surface area contributed by atoms with Crippen molar-refractivity contribution < 1.29 is 14.3 Å². The van der Waals surface area contributed by atoms with Crippen molar-refractivity contribution in [3.8, 4) is 11.1 Å². The number of alkyl halides is 1. The number of ether oxygens (including phenoxy) is 1. The minimum Gasteiger partial charge on any atom is -0.446 e. The molecule has 6 rings (SSSR count). The van der Waals surface area contributed by atoms with E-state index in [1.165, 1.54) is 11.1 Å². The molecular formula is C33H36BrN3O3. The highest BCUT2D eigenvalue weighted by atomic mass is 79.9. The van der Waals surface area contributed by atoms with Crippen LogP contribution in [0.5, 0.6) is 0 Å². The van der Waals surface area contributed by atoms with Crippen molar-refractivity contribution >= 4 is 33.6 Å². The molecule has 3 aromatic carbocycles. The van der Waals surface area contributed by atoms with Crippen molar-refractivity contribution in [3.05, 3.63) is 89.5 Å². The van der Waals surface area contributed by atoms with Crippen LogP contribution in [-0.2, 0) is 17.6 Å². The monoisotopic (exact) mass is 601 g/mol. The normalized spacial score (nSPS) is 22.2. The number of nitrogens with zero attached hydrogens (tertiary/aromatic N) is 2. The van der Waals surface area contributed by atoms with Crippen LogP contribution in [-0.4, -0.2) is 66.0 Å². The highest BCUT2D eigenvalue weighted by Gasteiger charge is 2.42. The maximum atomic E-state index is 13.1. The molecule has 0 bridgehead atoms. The van der Waals surface area contributed by atoms with Crippen molar-refractivity contribution in [2.24, 2.45) is 11.8 Å². The predicted molar refractivity (Wildman–Crippen MR) is 162 cm³/mol. The number of anilines is 1. The number of hydrogen-bond donors (Lipinski definition) is 1. The summed E-state index contributed by atoms with van der Waals surface area (Å²) in [5.41, 5.74) is 6.15.